The lowest BCUT2D eigenvalue weighted by Crippen LogP contribution is -2.01. The van der Waals surface area contributed by atoms with E-state index in [1.54, 1.807) is 0 Å². The summed E-state index contributed by atoms with van der Waals surface area (Å²) in [4.78, 5) is 17.7. The summed E-state index contributed by atoms with van der Waals surface area (Å²) >= 11 is 0. The normalized spacial score (nSPS) is 10.9. The van der Waals surface area contributed by atoms with Crippen LogP contribution in [0.25, 0.3) is 50.3 Å². The number of benzene rings is 3. The summed E-state index contributed by atoms with van der Waals surface area (Å²) in [5, 5.41) is 20.6. The van der Waals surface area contributed by atoms with E-state index in [4.69, 9.17) is 5.26 Å². The van der Waals surface area contributed by atoms with Gasteiger partial charge in [-0.25, -0.2) is 19.9 Å². The smallest absolute Gasteiger partial charge is 0.161 e. The van der Waals surface area contributed by atoms with Gasteiger partial charge in [0.2, 0.25) is 0 Å². The van der Waals surface area contributed by atoms with Gasteiger partial charge in [0.05, 0.1) is 27.8 Å². The number of aromatic nitrogens is 5. The fraction of sp³-hybridized carbons (Fsp3) is 0.0345. The van der Waals surface area contributed by atoms with Crippen LogP contribution in [0.4, 0.5) is 0 Å². The van der Waals surface area contributed by atoms with Gasteiger partial charge in [0, 0.05) is 46.7 Å². The maximum absolute atomic E-state index is 9.22. The first-order chi connectivity index (χ1) is 17.7. The molecule has 168 valence electrons. The average molecular weight is 464 g/mol. The number of nitriles is 2. The summed E-state index contributed by atoms with van der Waals surface area (Å²) < 4.78 is 2.21. The van der Waals surface area contributed by atoms with Gasteiger partial charge < -0.3 is 4.57 Å². The van der Waals surface area contributed by atoms with Crippen LogP contribution in [-0.2, 0) is 0 Å². The number of rotatable bonds is 3. The van der Waals surface area contributed by atoms with Crippen molar-refractivity contribution in [3.05, 3.63) is 102 Å². The first kappa shape index (κ1) is 21.2. The zero-order chi connectivity index (χ0) is 24.6. The number of hydrogen-bond donors (Lipinski definition) is 0. The van der Waals surface area contributed by atoms with E-state index >= 15 is 0 Å². The second kappa shape index (κ2) is 8.43. The molecule has 0 radical (unpaired) electrons. The van der Waals surface area contributed by atoms with Crippen LogP contribution in [0.5, 0.6) is 0 Å². The van der Waals surface area contributed by atoms with Crippen molar-refractivity contribution in [2.24, 2.45) is 0 Å². The molecule has 36 heavy (non-hydrogen) atoms. The highest BCUT2D eigenvalue weighted by molar-refractivity contribution is 6.10. The molecule has 0 unspecified atom stereocenters. The predicted molar refractivity (Wildman–Crippen MR) is 137 cm³/mol. The quantitative estimate of drug-likeness (QED) is 0.331. The maximum atomic E-state index is 9.22. The molecule has 3 heterocycles. The Labute approximate surface area is 206 Å². The molecule has 0 atom stereocenters. The van der Waals surface area contributed by atoms with Gasteiger partial charge in [-0.1, -0.05) is 29.8 Å². The van der Waals surface area contributed by atoms with E-state index in [-0.39, 0.29) is 0 Å². The molecule has 6 rings (SSSR count). The summed E-state index contributed by atoms with van der Waals surface area (Å²) in [6.07, 6.45) is 6.05. The van der Waals surface area contributed by atoms with Gasteiger partial charge >= 0.3 is 0 Å². The molecule has 0 amide bonds. The molecule has 3 aromatic heterocycles. The molecule has 0 bridgehead atoms. The van der Waals surface area contributed by atoms with Crippen LogP contribution in [0.1, 0.15) is 16.7 Å². The molecule has 0 fully saturated rings. The van der Waals surface area contributed by atoms with Gasteiger partial charge in [0.1, 0.15) is 12.1 Å². The molecule has 6 aromatic rings. The monoisotopic (exact) mass is 463 g/mol. The van der Waals surface area contributed by atoms with Crippen LogP contribution in [0.2, 0.25) is 0 Å². The van der Waals surface area contributed by atoms with E-state index in [1.165, 1.54) is 30.4 Å². The van der Waals surface area contributed by atoms with Crippen molar-refractivity contribution in [1.82, 2.24) is 24.5 Å². The molecular weight excluding hydrogens is 446 g/mol. The fourth-order valence-corrected chi connectivity index (χ4v) is 4.46. The van der Waals surface area contributed by atoms with Crippen LogP contribution in [0.15, 0.2) is 85.5 Å². The number of fused-ring (bicyclic) bond motifs is 3. The van der Waals surface area contributed by atoms with Crippen LogP contribution in [-0.4, -0.2) is 24.5 Å². The van der Waals surface area contributed by atoms with E-state index in [9.17, 15) is 5.26 Å². The Kier molecular flexibility index (Phi) is 4.95. The lowest BCUT2D eigenvalue weighted by molar-refractivity contribution is 1.12. The third kappa shape index (κ3) is 3.44. The van der Waals surface area contributed by atoms with Crippen molar-refractivity contribution in [1.29, 1.82) is 10.5 Å². The van der Waals surface area contributed by atoms with Crippen LogP contribution >= 0.6 is 0 Å². The van der Waals surface area contributed by atoms with Crippen molar-refractivity contribution >= 4 is 21.8 Å². The zero-order valence-electron chi connectivity index (χ0n) is 19.2. The van der Waals surface area contributed by atoms with Gasteiger partial charge in [-0.2, -0.15) is 10.5 Å². The van der Waals surface area contributed by atoms with Gasteiger partial charge in [0.15, 0.2) is 11.6 Å². The Hall–Kier alpha value is -5.40. The highest BCUT2D eigenvalue weighted by Crippen LogP contribution is 2.37. The molecule has 7 nitrogen and oxygen atoms in total. The SMILES string of the molecule is Cc1ccc2c(c1)c1ccccc1n2-c1ccc(-c2ncc(C#N)cn2)cc1-c1ncc(C#N)cn1. The lowest BCUT2D eigenvalue weighted by Gasteiger charge is -2.14. The molecule has 0 N–H and O–H groups in total. The third-order valence-corrected chi connectivity index (χ3v) is 6.13. The van der Waals surface area contributed by atoms with E-state index < -0.39 is 0 Å². The minimum absolute atomic E-state index is 0.388. The summed E-state index contributed by atoms with van der Waals surface area (Å²) in [6, 6.07) is 24.8. The zero-order valence-corrected chi connectivity index (χ0v) is 19.2. The maximum Gasteiger partial charge on any atom is 0.161 e. The van der Waals surface area contributed by atoms with Crippen molar-refractivity contribution < 1.29 is 0 Å². The Morgan fingerprint density at radius 2 is 1.31 bits per heavy atom. The third-order valence-electron chi connectivity index (χ3n) is 6.13. The van der Waals surface area contributed by atoms with Crippen molar-refractivity contribution in [3.63, 3.8) is 0 Å². The second-order valence-corrected chi connectivity index (χ2v) is 8.42. The summed E-state index contributed by atoms with van der Waals surface area (Å²) in [7, 11) is 0. The first-order valence-electron chi connectivity index (χ1n) is 11.3. The van der Waals surface area contributed by atoms with Crippen molar-refractivity contribution in [3.8, 4) is 40.6 Å². The van der Waals surface area contributed by atoms with E-state index in [0.717, 1.165) is 38.6 Å². The Morgan fingerprint density at radius 3 is 2.00 bits per heavy atom. The predicted octanol–water partition coefficient (Wildman–Crippen LogP) is 5.75. The highest BCUT2D eigenvalue weighted by Gasteiger charge is 2.18. The van der Waals surface area contributed by atoms with Crippen molar-refractivity contribution in [2.45, 2.75) is 6.92 Å². The molecule has 0 aliphatic heterocycles. The van der Waals surface area contributed by atoms with Crippen LogP contribution in [0, 0.1) is 29.6 Å². The Balaban J connectivity index is 1.65. The fourth-order valence-electron chi connectivity index (χ4n) is 4.46. The van der Waals surface area contributed by atoms with Gasteiger partial charge in [-0.05, 0) is 43.3 Å². The van der Waals surface area contributed by atoms with Crippen molar-refractivity contribution in [2.75, 3.05) is 0 Å². The minimum atomic E-state index is 0.388. The first-order valence-corrected chi connectivity index (χ1v) is 11.3. The summed E-state index contributed by atoms with van der Waals surface area (Å²) in [5.74, 6) is 0.978. The van der Waals surface area contributed by atoms with Gasteiger partial charge in [0.25, 0.3) is 0 Å². The summed E-state index contributed by atoms with van der Waals surface area (Å²) in [5.41, 5.74) is 6.54. The van der Waals surface area contributed by atoms with Gasteiger partial charge in [-0.15, -0.1) is 0 Å². The minimum Gasteiger partial charge on any atom is -0.309 e. The van der Waals surface area contributed by atoms with E-state index in [1.807, 2.05) is 36.4 Å². The second-order valence-electron chi connectivity index (χ2n) is 8.42. The Morgan fingerprint density at radius 1 is 0.667 bits per heavy atom. The van der Waals surface area contributed by atoms with Gasteiger partial charge in [-0.3, -0.25) is 0 Å². The number of hydrogen-bond acceptors (Lipinski definition) is 6. The lowest BCUT2D eigenvalue weighted by atomic mass is 10.1. The molecule has 3 aromatic carbocycles. The topological polar surface area (TPSA) is 104 Å². The molecule has 0 spiro atoms. The van der Waals surface area contributed by atoms with Crippen LogP contribution in [0.3, 0.4) is 0 Å². The highest BCUT2D eigenvalue weighted by atomic mass is 15.0. The molecule has 0 aliphatic carbocycles. The Bertz CT molecular complexity index is 1850. The number of aryl methyl sites for hydroxylation is 1. The number of para-hydroxylation sites is 1. The summed E-state index contributed by atoms with van der Waals surface area (Å²) in [6.45, 7) is 2.09. The standard InChI is InChI=1S/C29H17N7/c1-18-6-8-26-23(10-18)22-4-2-3-5-25(22)36(26)27-9-7-21(28-32-14-19(12-30)15-33-28)11-24(27)29-34-16-20(13-31)17-35-29/h2-11,14-17H,1H3. The van der Waals surface area contributed by atoms with Crippen LogP contribution < -0.4 is 0 Å². The average Bonchev–Trinajstić information content (AvgIpc) is 3.26. The molecule has 0 saturated carbocycles. The molecule has 0 aliphatic rings. The molecular formula is C29H17N7. The molecule has 7 heteroatoms. The largest absolute Gasteiger partial charge is 0.309 e. The van der Waals surface area contributed by atoms with E-state index in [2.05, 4.69) is 67.8 Å². The number of nitrogens with zero attached hydrogens (tertiary/aromatic N) is 7. The van der Waals surface area contributed by atoms with E-state index in [0.29, 0.717) is 22.8 Å². The molecule has 0 saturated heterocycles.